The Bertz CT molecular complexity index is 205. The Balaban J connectivity index is 1.93. The minimum atomic E-state index is 0.0470. The SMILES string of the molecule is O=C(CC1CCCCO1)NCCCOCCO. The molecule has 5 nitrogen and oxygen atoms in total. The van der Waals surface area contributed by atoms with Crippen molar-refractivity contribution in [2.45, 2.75) is 38.2 Å². The summed E-state index contributed by atoms with van der Waals surface area (Å²) in [5.41, 5.74) is 0. The Morgan fingerprint density at radius 1 is 1.41 bits per heavy atom. The summed E-state index contributed by atoms with van der Waals surface area (Å²) < 4.78 is 10.6. The van der Waals surface area contributed by atoms with Crippen molar-refractivity contribution in [2.75, 3.05) is 33.0 Å². The molecule has 100 valence electrons. The molecule has 1 aliphatic rings. The van der Waals surface area contributed by atoms with Crippen LogP contribution in [0.3, 0.4) is 0 Å². The van der Waals surface area contributed by atoms with Crippen LogP contribution in [0.1, 0.15) is 32.1 Å². The van der Waals surface area contributed by atoms with Crippen LogP contribution in [0.15, 0.2) is 0 Å². The number of hydrogen-bond acceptors (Lipinski definition) is 4. The van der Waals surface area contributed by atoms with Crippen molar-refractivity contribution in [1.29, 1.82) is 0 Å². The predicted molar refractivity (Wildman–Crippen MR) is 63.7 cm³/mol. The van der Waals surface area contributed by atoms with Gasteiger partial charge in [0.15, 0.2) is 0 Å². The summed E-state index contributed by atoms with van der Waals surface area (Å²) >= 11 is 0. The number of ether oxygens (including phenoxy) is 2. The van der Waals surface area contributed by atoms with E-state index in [2.05, 4.69) is 5.32 Å². The highest BCUT2D eigenvalue weighted by Crippen LogP contribution is 2.15. The number of nitrogens with one attached hydrogen (secondary N) is 1. The molecule has 1 saturated heterocycles. The van der Waals surface area contributed by atoms with Gasteiger partial charge in [-0.05, 0) is 25.7 Å². The van der Waals surface area contributed by atoms with E-state index in [1.54, 1.807) is 0 Å². The van der Waals surface area contributed by atoms with Crippen molar-refractivity contribution in [3.8, 4) is 0 Å². The molecule has 0 saturated carbocycles. The van der Waals surface area contributed by atoms with Crippen molar-refractivity contribution in [2.24, 2.45) is 0 Å². The number of carbonyl (C=O) groups excluding carboxylic acids is 1. The average molecular weight is 245 g/mol. The van der Waals surface area contributed by atoms with Gasteiger partial charge in [-0.15, -0.1) is 0 Å². The third-order valence-corrected chi connectivity index (χ3v) is 2.71. The second-order valence-corrected chi connectivity index (χ2v) is 4.23. The summed E-state index contributed by atoms with van der Waals surface area (Å²) in [7, 11) is 0. The minimum Gasteiger partial charge on any atom is -0.394 e. The molecule has 0 bridgehead atoms. The molecule has 1 fully saturated rings. The molecule has 0 aliphatic carbocycles. The molecule has 1 atom stereocenters. The fourth-order valence-corrected chi connectivity index (χ4v) is 1.82. The van der Waals surface area contributed by atoms with Gasteiger partial charge in [-0.1, -0.05) is 0 Å². The predicted octanol–water partition coefficient (Wildman–Crippen LogP) is 0.461. The highest BCUT2D eigenvalue weighted by molar-refractivity contribution is 5.76. The Morgan fingerprint density at radius 2 is 2.29 bits per heavy atom. The summed E-state index contributed by atoms with van der Waals surface area (Å²) in [5.74, 6) is 0.0547. The molecule has 0 aromatic heterocycles. The monoisotopic (exact) mass is 245 g/mol. The molecule has 0 spiro atoms. The Morgan fingerprint density at radius 3 is 3.00 bits per heavy atom. The molecular formula is C12H23NO4. The van der Waals surface area contributed by atoms with Crippen molar-refractivity contribution in [3.05, 3.63) is 0 Å². The van der Waals surface area contributed by atoms with E-state index in [0.29, 0.717) is 26.2 Å². The zero-order chi connectivity index (χ0) is 12.3. The topological polar surface area (TPSA) is 67.8 Å². The number of hydrogen-bond donors (Lipinski definition) is 2. The normalized spacial score (nSPS) is 20.2. The third kappa shape index (κ3) is 7.31. The largest absolute Gasteiger partial charge is 0.394 e. The van der Waals surface area contributed by atoms with E-state index in [0.717, 1.165) is 32.3 Å². The van der Waals surface area contributed by atoms with Crippen molar-refractivity contribution < 1.29 is 19.4 Å². The van der Waals surface area contributed by atoms with E-state index >= 15 is 0 Å². The van der Waals surface area contributed by atoms with E-state index in [1.807, 2.05) is 0 Å². The molecule has 1 unspecified atom stereocenters. The van der Waals surface area contributed by atoms with Gasteiger partial charge in [0.2, 0.25) is 5.91 Å². The summed E-state index contributed by atoms with van der Waals surface area (Å²) in [5, 5.41) is 11.3. The van der Waals surface area contributed by atoms with Gasteiger partial charge in [0.1, 0.15) is 0 Å². The molecule has 17 heavy (non-hydrogen) atoms. The quantitative estimate of drug-likeness (QED) is 0.610. The molecule has 1 amide bonds. The zero-order valence-corrected chi connectivity index (χ0v) is 10.3. The van der Waals surface area contributed by atoms with Gasteiger partial charge in [-0.2, -0.15) is 0 Å². The van der Waals surface area contributed by atoms with Gasteiger partial charge in [0.05, 0.1) is 25.7 Å². The molecule has 0 aromatic carbocycles. The molecule has 0 radical (unpaired) electrons. The number of rotatable bonds is 8. The smallest absolute Gasteiger partial charge is 0.222 e. The van der Waals surface area contributed by atoms with Crippen LogP contribution in [0.25, 0.3) is 0 Å². The van der Waals surface area contributed by atoms with Crippen LogP contribution in [0.4, 0.5) is 0 Å². The lowest BCUT2D eigenvalue weighted by Crippen LogP contribution is -2.31. The summed E-state index contributed by atoms with van der Waals surface area (Å²) in [6.07, 6.45) is 4.61. The van der Waals surface area contributed by atoms with Gasteiger partial charge in [-0.25, -0.2) is 0 Å². The van der Waals surface area contributed by atoms with Crippen LogP contribution in [-0.2, 0) is 14.3 Å². The summed E-state index contributed by atoms with van der Waals surface area (Å²) in [6.45, 7) is 2.39. The maximum atomic E-state index is 11.5. The molecule has 1 rings (SSSR count). The number of amides is 1. The number of aliphatic hydroxyl groups excluding tert-OH is 1. The van der Waals surface area contributed by atoms with E-state index in [4.69, 9.17) is 14.6 Å². The molecule has 1 aliphatic heterocycles. The number of aliphatic hydroxyl groups is 1. The van der Waals surface area contributed by atoms with Crippen molar-refractivity contribution in [1.82, 2.24) is 5.32 Å². The highest BCUT2D eigenvalue weighted by atomic mass is 16.5. The van der Waals surface area contributed by atoms with Crippen molar-refractivity contribution >= 4 is 5.91 Å². The first-order chi connectivity index (χ1) is 8.33. The molecular weight excluding hydrogens is 222 g/mol. The van der Waals surface area contributed by atoms with Crippen LogP contribution in [0.2, 0.25) is 0 Å². The van der Waals surface area contributed by atoms with Gasteiger partial charge >= 0.3 is 0 Å². The second kappa shape index (κ2) is 9.39. The fraction of sp³-hybridized carbons (Fsp3) is 0.917. The Kier molecular flexibility index (Phi) is 7.96. The van der Waals surface area contributed by atoms with Gasteiger partial charge in [0.25, 0.3) is 0 Å². The molecule has 5 heteroatoms. The summed E-state index contributed by atoms with van der Waals surface area (Å²) in [4.78, 5) is 11.5. The van der Waals surface area contributed by atoms with E-state index in [9.17, 15) is 4.79 Å². The van der Waals surface area contributed by atoms with Crippen LogP contribution in [0, 0.1) is 0 Å². The molecule has 2 N–H and O–H groups in total. The van der Waals surface area contributed by atoms with E-state index in [-0.39, 0.29) is 18.6 Å². The van der Waals surface area contributed by atoms with Crippen molar-refractivity contribution in [3.63, 3.8) is 0 Å². The van der Waals surface area contributed by atoms with Crippen LogP contribution < -0.4 is 5.32 Å². The van der Waals surface area contributed by atoms with Gasteiger partial charge in [0, 0.05) is 19.8 Å². The summed E-state index contributed by atoms with van der Waals surface area (Å²) in [6, 6.07) is 0. The van der Waals surface area contributed by atoms with Gasteiger partial charge < -0.3 is 19.9 Å². The zero-order valence-electron chi connectivity index (χ0n) is 10.3. The molecule has 1 heterocycles. The first-order valence-electron chi connectivity index (χ1n) is 6.40. The number of carbonyl (C=O) groups is 1. The fourth-order valence-electron chi connectivity index (χ4n) is 1.82. The van der Waals surface area contributed by atoms with Crippen LogP contribution in [0.5, 0.6) is 0 Å². The third-order valence-electron chi connectivity index (χ3n) is 2.71. The second-order valence-electron chi connectivity index (χ2n) is 4.23. The lowest BCUT2D eigenvalue weighted by Gasteiger charge is -2.21. The Hall–Kier alpha value is -0.650. The lowest BCUT2D eigenvalue weighted by atomic mass is 10.1. The standard InChI is InChI=1S/C12H23NO4/c14-6-9-16-7-3-5-13-12(15)10-11-4-1-2-8-17-11/h11,14H,1-10H2,(H,13,15). The van der Waals surface area contributed by atoms with Gasteiger partial charge in [-0.3, -0.25) is 4.79 Å². The van der Waals surface area contributed by atoms with Crippen LogP contribution >= 0.6 is 0 Å². The van der Waals surface area contributed by atoms with E-state index in [1.165, 1.54) is 0 Å². The first kappa shape index (κ1) is 14.4. The first-order valence-corrected chi connectivity index (χ1v) is 6.40. The minimum absolute atomic E-state index is 0.0470. The van der Waals surface area contributed by atoms with E-state index < -0.39 is 0 Å². The van der Waals surface area contributed by atoms with Crippen LogP contribution in [-0.4, -0.2) is 50.1 Å². The highest BCUT2D eigenvalue weighted by Gasteiger charge is 2.16. The average Bonchev–Trinajstić information content (AvgIpc) is 2.35. The maximum Gasteiger partial charge on any atom is 0.222 e. The molecule has 0 aromatic rings. The Labute approximate surface area is 102 Å². The maximum absolute atomic E-state index is 11.5. The lowest BCUT2D eigenvalue weighted by molar-refractivity contribution is -0.124.